The Morgan fingerprint density at radius 3 is 1.17 bits per heavy atom. The molecule has 0 radical (unpaired) electrons. The van der Waals surface area contributed by atoms with E-state index in [-0.39, 0.29) is 0 Å². The van der Waals surface area contributed by atoms with Crippen molar-refractivity contribution in [1.82, 2.24) is 0 Å². The SMILES string of the molecule is CCCCC[C@@H](C)N.CC[C@@H](C)N.CC[C@H](C)N. The molecule has 0 bridgehead atoms. The summed E-state index contributed by atoms with van der Waals surface area (Å²) in [5.41, 5.74) is 16.1. The third-order valence-electron chi connectivity index (χ3n) is 2.55. The Labute approximate surface area is 116 Å². The molecule has 0 aliphatic carbocycles. The summed E-state index contributed by atoms with van der Waals surface area (Å²) in [6, 6.07) is 1.17. The van der Waals surface area contributed by atoms with Crippen LogP contribution in [0.4, 0.5) is 0 Å². The van der Waals surface area contributed by atoms with Gasteiger partial charge in [0.05, 0.1) is 0 Å². The Balaban J connectivity index is -0.000000197. The fourth-order valence-electron chi connectivity index (χ4n) is 0.716. The molecular formula is C15H39N3. The fraction of sp³-hybridized carbons (Fsp3) is 1.00. The van der Waals surface area contributed by atoms with Crippen molar-refractivity contribution in [2.45, 2.75) is 98.2 Å². The maximum Gasteiger partial charge on any atom is 0.00104 e. The predicted octanol–water partition coefficient (Wildman–Crippen LogP) is 3.40. The number of hydrogen-bond donors (Lipinski definition) is 3. The molecule has 0 fully saturated rings. The molecule has 18 heavy (non-hydrogen) atoms. The minimum atomic E-state index is 0.384. The lowest BCUT2D eigenvalue weighted by atomic mass is 10.1. The molecule has 0 aliphatic rings. The topological polar surface area (TPSA) is 78.1 Å². The van der Waals surface area contributed by atoms with Gasteiger partial charge in [-0.25, -0.2) is 0 Å². The second-order valence-corrected chi connectivity index (χ2v) is 5.24. The van der Waals surface area contributed by atoms with Crippen LogP contribution in [-0.2, 0) is 0 Å². The van der Waals surface area contributed by atoms with Gasteiger partial charge in [0.15, 0.2) is 0 Å². The van der Waals surface area contributed by atoms with E-state index in [0.717, 1.165) is 12.8 Å². The number of unbranched alkanes of at least 4 members (excludes halogenated alkanes) is 2. The minimum Gasteiger partial charge on any atom is -0.328 e. The van der Waals surface area contributed by atoms with Crippen LogP contribution in [0.5, 0.6) is 0 Å². The average molecular weight is 261 g/mol. The van der Waals surface area contributed by atoms with Gasteiger partial charge in [0, 0.05) is 18.1 Å². The lowest BCUT2D eigenvalue weighted by molar-refractivity contribution is 0.592. The van der Waals surface area contributed by atoms with E-state index in [1.54, 1.807) is 0 Å². The zero-order valence-corrected chi connectivity index (χ0v) is 13.7. The summed E-state index contributed by atoms with van der Waals surface area (Å²) in [5.74, 6) is 0. The lowest BCUT2D eigenvalue weighted by Gasteiger charge is -2.01. The Kier molecular flexibility index (Phi) is 24.6. The fourth-order valence-corrected chi connectivity index (χ4v) is 0.716. The van der Waals surface area contributed by atoms with Crippen LogP contribution in [0, 0.1) is 0 Å². The highest BCUT2D eigenvalue weighted by Gasteiger charge is 1.90. The quantitative estimate of drug-likeness (QED) is 0.641. The monoisotopic (exact) mass is 261 g/mol. The van der Waals surface area contributed by atoms with E-state index in [2.05, 4.69) is 27.7 Å². The number of hydrogen-bond acceptors (Lipinski definition) is 3. The molecule has 0 aromatic heterocycles. The number of rotatable bonds is 6. The van der Waals surface area contributed by atoms with Gasteiger partial charge >= 0.3 is 0 Å². The summed E-state index contributed by atoms with van der Waals surface area (Å²) in [6.45, 7) is 12.4. The molecule has 114 valence electrons. The Morgan fingerprint density at radius 1 is 0.667 bits per heavy atom. The zero-order chi connectivity index (χ0) is 15.0. The van der Waals surface area contributed by atoms with Crippen molar-refractivity contribution in [3.63, 3.8) is 0 Å². The first-order valence-electron chi connectivity index (χ1n) is 7.58. The molecule has 3 nitrogen and oxygen atoms in total. The maximum absolute atomic E-state index is 5.53. The van der Waals surface area contributed by atoms with Gasteiger partial charge in [-0.3, -0.25) is 0 Å². The standard InChI is InChI=1S/C7H17N.2C4H11N/c1-3-4-5-6-7(2)8;2*1-3-4(2)5/h7H,3-6,8H2,1-2H3;2*4H,3,5H2,1-2H3/t7-;2*4-/m110/s1. The van der Waals surface area contributed by atoms with Crippen LogP contribution in [0.25, 0.3) is 0 Å². The van der Waals surface area contributed by atoms with Gasteiger partial charge in [0.2, 0.25) is 0 Å². The summed E-state index contributed by atoms with van der Waals surface area (Å²) in [5, 5.41) is 0. The van der Waals surface area contributed by atoms with Crippen molar-refractivity contribution in [1.29, 1.82) is 0 Å². The van der Waals surface area contributed by atoms with E-state index in [1.807, 2.05) is 13.8 Å². The van der Waals surface area contributed by atoms with Crippen molar-refractivity contribution in [2.24, 2.45) is 17.2 Å². The molecule has 0 rings (SSSR count). The molecule has 0 aliphatic heterocycles. The summed E-state index contributed by atoms with van der Waals surface area (Å²) < 4.78 is 0. The second kappa shape index (κ2) is 19.2. The van der Waals surface area contributed by atoms with E-state index >= 15 is 0 Å². The molecule has 0 unspecified atom stereocenters. The molecule has 0 heterocycles. The van der Waals surface area contributed by atoms with Gasteiger partial charge in [0.25, 0.3) is 0 Å². The van der Waals surface area contributed by atoms with Crippen molar-refractivity contribution >= 4 is 0 Å². The number of nitrogens with two attached hydrogens (primary N) is 3. The van der Waals surface area contributed by atoms with Crippen molar-refractivity contribution < 1.29 is 0 Å². The highest BCUT2D eigenvalue weighted by atomic mass is 14.6. The largest absolute Gasteiger partial charge is 0.328 e. The van der Waals surface area contributed by atoms with Crippen LogP contribution in [0.3, 0.4) is 0 Å². The Hall–Kier alpha value is -0.120. The van der Waals surface area contributed by atoms with E-state index in [9.17, 15) is 0 Å². The van der Waals surface area contributed by atoms with Crippen LogP contribution in [-0.4, -0.2) is 18.1 Å². The summed E-state index contributed by atoms with van der Waals surface area (Å²) >= 11 is 0. The maximum atomic E-state index is 5.53. The summed E-state index contributed by atoms with van der Waals surface area (Å²) in [4.78, 5) is 0. The van der Waals surface area contributed by atoms with E-state index < -0.39 is 0 Å². The van der Waals surface area contributed by atoms with Crippen LogP contribution in [0.2, 0.25) is 0 Å². The molecule has 3 atom stereocenters. The van der Waals surface area contributed by atoms with Crippen LogP contribution < -0.4 is 17.2 Å². The second-order valence-electron chi connectivity index (χ2n) is 5.24. The molecule has 3 heteroatoms. The Morgan fingerprint density at radius 2 is 1.00 bits per heavy atom. The highest BCUT2D eigenvalue weighted by Crippen LogP contribution is 1.99. The normalized spacial score (nSPS) is 14.5. The molecule has 0 spiro atoms. The van der Waals surface area contributed by atoms with Crippen molar-refractivity contribution in [2.75, 3.05) is 0 Å². The first-order valence-corrected chi connectivity index (χ1v) is 7.58. The van der Waals surface area contributed by atoms with Gasteiger partial charge in [-0.2, -0.15) is 0 Å². The van der Waals surface area contributed by atoms with Crippen LogP contribution in [0.1, 0.15) is 80.1 Å². The third kappa shape index (κ3) is 44.6. The third-order valence-corrected chi connectivity index (χ3v) is 2.55. The molecule has 0 saturated heterocycles. The summed E-state index contributed by atoms with van der Waals surface area (Å²) in [6.07, 6.45) is 7.29. The van der Waals surface area contributed by atoms with E-state index in [0.29, 0.717) is 18.1 Å². The first-order chi connectivity index (χ1) is 8.31. The van der Waals surface area contributed by atoms with Crippen molar-refractivity contribution in [3.8, 4) is 0 Å². The van der Waals surface area contributed by atoms with E-state index in [1.165, 1.54) is 25.7 Å². The molecule has 0 saturated carbocycles. The van der Waals surface area contributed by atoms with Gasteiger partial charge in [-0.1, -0.05) is 40.0 Å². The minimum absolute atomic E-state index is 0.384. The molecular weight excluding hydrogens is 222 g/mol. The first kappa shape index (κ1) is 23.0. The van der Waals surface area contributed by atoms with E-state index in [4.69, 9.17) is 17.2 Å². The molecule has 0 aromatic rings. The van der Waals surface area contributed by atoms with Gasteiger partial charge in [0.1, 0.15) is 0 Å². The van der Waals surface area contributed by atoms with Crippen LogP contribution >= 0.6 is 0 Å². The van der Waals surface area contributed by atoms with Gasteiger partial charge in [-0.15, -0.1) is 0 Å². The van der Waals surface area contributed by atoms with Crippen LogP contribution in [0.15, 0.2) is 0 Å². The molecule has 6 N–H and O–H groups in total. The molecule has 0 amide bonds. The predicted molar refractivity (Wildman–Crippen MR) is 85.7 cm³/mol. The lowest BCUT2D eigenvalue weighted by Crippen LogP contribution is -2.13. The average Bonchev–Trinajstić information content (AvgIpc) is 2.30. The van der Waals surface area contributed by atoms with Crippen molar-refractivity contribution in [3.05, 3.63) is 0 Å². The van der Waals surface area contributed by atoms with Gasteiger partial charge < -0.3 is 17.2 Å². The smallest absolute Gasteiger partial charge is 0.00104 e. The highest BCUT2D eigenvalue weighted by molar-refractivity contribution is 4.51. The summed E-state index contributed by atoms with van der Waals surface area (Å²) in [7, 11) is 0. The zero-order valence-electron chi connectivity index (χ0n) is 13.7. The Bertz CT molecular complexity index is 115. The molecule has 0 aromatic carbocycles. The van der Waals surface area contributed by atoms with Gasteiger partial charge in [-0.05, 0) is 40.0 Å².